The van der Waals surface area contributed by atoms with Crippen LogP contribution >= 0.6 is 11.3 Å². The second kappa shape index (κ2) is 9.42. The topological polar surface area (TPSA) is 58.5 Å². The van der Waals surface area contributed by atoms with Gasteiger partial charge in [-0.25, -0.2) is 9.98 Å². The van der Waals surface area contributed by atoms with Crippen LogP contribution in [-0.2, 0) is 13.1 Å². The number of benzene rings is 1. The molecule has 0 aliphatic carbocycles. The number of aliphatic imine (C=N–C) groups is 1. The summed E-state index contributed by atoms with van der Waals surface area (Å²) in [6.07, 6.45) is 0. The van der Waals surface area contributed by atoms with Crippen LogP contribution in [0, 0.1) is 6.92 Å². The largest absolute Gasteiger partial charge is 0.496 e. The highest BCUT2D eigenvalue weighted by Gasteiger charge is 2.06. The van der Waals surface area contributed by atoms with Gasteiger partial charge in [0, 0.05) is 11.9 Å². The number of aromatic nitrogens is 1. The van der Waals surface area contributed by atoms with E-state index in [-0.39, 0.29) is 0 Å². The smallest absolute Gasteiger partial charge is 0.191 e. The summed E-state index contributed by atoms with van der Waals surface area (Å²) in [5.41, 5.74) is 3.40. The summed E-state index contributed by atoms with van der Waals surface area (Å²) >= 11 is 1.69. The summed E-state index contributed by atoms with van der Waals surface area (Å²) in [5, 5.41) is 9.84. The maximum atomic E-state index is 5.38. The van der Waals surface area contributed by atoms with Gasteiger partial charge in [-0.2, -0.15) is 0 Å². The van der Waals surface area contributed by atoms with Crippen LogP contribution in [0.15, 0.2) is 28.6 Å². The molecule has 0 saturated carbocycles. The molecule has 0 fully saturated rings. The summed E-state index contributed by atoms with van der Waals surface area (Å²) < 4.78 is 5.38. The van der Waals surface area contributed by atoms with Gasteiger partial charge in [-0.05, 0) is 37.0 Å². The molecule has 0 aliphatic heterocycles. The summed E-state index contributed by atoms with van der Waals surface area (Å²) in [6, 6.07) is 6.19. The molecule has 1 aromatic carbocycles. The molecule has 0 spiro atoms. The molecule has 0 radical (unpaired) electrons. The third kappa shape index (κ3) is 5.74. The molecule has 2 rings (SSSR count). The standard InChI is InChI=1S/C19H28N4OS/c1-6-20-19(22-11-18-23-16(12-25-18)13(2)3)21-10-15-8-7-14(4)17(9-15)24-5/h7-9,12-13H,6,10-11H2,1-5H3,(H2,20,21,22). The van der Waals surface area contributed by atoms with E-state index in [0.717, 1.165) is 40.1 Å². The Kier molecular flexibility index (Phi) is 7.25. The molecule has 0 bridgehead atoms. The van der Waals surface area contributed by atoms with E-state index in [1.807, 2.05) is 13.0 Å². The average Bonchev–Trinajstić information content (AvgIpc) is 3.08. The highest BCUT2D eigenvalue weighted by atomic mass is 32.1. The Bertz CT molecular complexity index is 709. The Morgan fingerprint density at radius 3 is 2.76 bits per heavy atom. The molecule has 136 valence electrons. The maximum Gasteiger partial charge on any atom is 0.191 e. The molecular weight excluding hydrogens is 332 g/mol. The van der Waals surface area contributed by atoms with E-state index >= 15 is 0 Å². The van der Waals surface area contributed by atoms with E-state index in [0.29, 0.717) is 19.0 Å². The first-order chi connectivity index (χ1) is 12.0. The number of nitrogens with one attached hydrogen (secondary N) is 2. The van der Waals surface area contributed by atoms with Crippen LogP contribution in [0.5, 0.6) is 5.75 Å². The molecule has 2 aromatic rings. The summed E-state index contributed by atoms with van der Waals surface area (Å²) in [7, 11) is 1.69. The lowest BCUT2D eigenvalue weighted by molar-refractivity contribution is 0.411. The molecule has 1 heterocycles. The Morgan fingerprint density at radius 1 is 1.32 bits per heavy atom. The molecule has 0 amide bonds. The van der Waals surface area contributed by atoms with Crippen molar-refractivity contribution in [3.8, 4) is 5.75 Å². The van der Waals surface area contributed by atoms with E-state index in [1.54, 1.807) is 18.4 Å². The molecule has 0 atom stereocenters. The number of guanidine groups is 1. The predicted molar refractivity (Wildman–Crippen MR) is 106 cm³/mol. The monoisotopic (exact) mass is 360 g/mol. The lowest BCUT2D eigenvalue weighted by atomic mass is 10.1. The zero-order chi connectivity index (χ0) is 18.2. The molecule has 5 nitrogen and oxygen atoms in total. The first-order valence-electron chi connectivity index (χ1n) is 8.63. The first-order valence-corrected chi connectivity index (χ1v) is 9.51. The van der Waals surface area contributed by atoms with E-state index < -0.39 is 0 Å². The van der Waals surface area contributed by atoms with Crippen LogP contribution < -0.4 is 15.4 Å². The molecule has 6 heteroatoms. The average molecular weight is 361 g/mol. The van der Waals surface area contributed by atoms with Gasteiger partial charge in [-0.15, -0.1) is 11.3 Å². The lowest BCUT2D eigenvalue weighted by Gasteiger charge is -2.11. The summed E-state index contributed by atoms with van der Waals surface area (Å²) in [5.74, 6) is 2.15. The van der Waals surface area contributed by atoms with E-state index in [1.165, 1.54) is 0 Å². The number of hydrogen-bond donors (Lipinski definition) is 2. The van der Waals surface area contributed by atoms with Crippen molar-refractivity contribution in [1.82, 2.24) is 15.6 Å². The van der Waals surface area contributed by atoms with E-state index in [2.05, 4.69) is 58.9 Å². The van der Waals surface area contributed by atoms with Crippen LogP contribution in [0.3, 0.4) is 0 Å². The van der Waals surface area contributed by atoms with Crippen LogP contribution in [0.2, 0.25) is 0 Å². The SMILES string of the molecule is CCNC(=NCc1ccc(C)c(OC)c1)NCc1nc(C(C)C)cs1. The second-order valence-electron chi connectivity index (χ2n) is 6.17. The van der Waals surface area contributed by atoms with Gasteiger partial charge in [0.15, 0.2) is 5.96 Å². The number of thiazole rings is 1. The van der Waals surface area contributed by atoms with Crippen molar-refractivity contribution in [3.63, 3.8) is 0 Å². The van der Waals surface area contributed by atoms with E-state index in [4.69, 9.17) is 4.74 Å². The van der Waals surface area contributed by atoms with Crippen LogP contribution in [-0.4, -0.2) is 24.6 Å². The first kappa shape index (κ1) is 19.2. The molecular formula is C19H28N4OS. The van der Waals surface area contributed by atoms with E-state index in [9.17, 15) is 0 Å². The fourth-order valence-electron chi connectivity index (χ4n) is 2.31. The molecule has 0 unspecified atom stereocenters. The number of nitrogens with zero attached hydrogens (tertiary/aromatic N) is 2. The third-order valence-corrected chi connectivity index (χ3v) is 4.67. The zero-order valence-corrected chi connectivity index (χ0v) is 16.5. The quantitative estimate of drug-likeness (QED) is 0.582. The van der Waals surface area contributed by atoms with Gasteiger partial charge in [0.05, 0.1) is 25.9 Å². The van der Waals surface area contributed by atoms with Crippen molar-refractivity contribution in [2.24, 2.45) is 4.99 Å². The Hall–Kier alpha value is -2.08. The highest BCUT2D eigenvalue weighted by Crippen LogP contribution is 2.19. The fourth-order valence-corrected chi connectivity index (χ4v) is 3.20. The normalized spacial score (nSPS) is 11.7. The van der Waals surface area contributed by atoms with Gasteiger partial charge < -0.3 is 15.4 Å². The van der Waals surface area contributed by atoms with Crippen LogP contribution in [0.1, 0.15) is 48.5 Å². The number of aryl methyl sites for hydroxylation is 1. The van der Waals surface area contributed by atoms with Gasteiger partial charge in [0.25, 0.3) is 0 Å². The van der Waals surface area contributed by atoms with Crippen molar-refractivity contribution >= 4 is 17.3 Å². The zero-order valence-electron chi connectivity index (χ0n) is 15.7. The molecule has 25 heavy (non-hydrogen) atoms. The number of ether oxygens (including phenoxy) is 1. The fraction of sp³-hybridized carbons (Fsp3) is 0.474. The van der Waals surface area contributed by atoms with Gasteiger partial charge in [0.2, 0.25) is 0 Å². The van der Waals surface area contributed by atoms with Crippen molar-refractivity contribution in [2.45, 2.75) is 46.7 Å². The Morgan fingerprint density at radius 2 is 2.12 bits per heavy atom. The van der Waals surface area contributed by atoms with Gasteiger partial charge in [-0.1, -0.05) is 26.0 Å². The van der Waals surface area contributed by atoms with Crippen LogP contribution in [0.4, 0.5) is 0 Å². The van der Waals surface area contributed by atoms with Crippen LogP contribution in [0.25, 0.3) is 0 Å². The second-order valence-corrected chi connectivity index (χ2v) is 7.12. The highest BCUT2D eigenvalue weighted by molar-refractivity contribution is 7.09. The van der Waals surface area contributed by atoms with Crippen molar-refractivity contribution in [3.05, 3.63) is 45.4 Å². The molecule has 2 N–H and O–H groups in total. The van der Waals surface area contributed by atoms with Gasteiger partial charge in [-0.3, -0.25) is 0 Å². The molecule has 1 aromatic heterocycles. The Labute approximate surface area is 154 Å². The van der Waals surface area contributed by atoms with Gasteiger partial charge in [0.1, 0.15) is 10.8 Å². The van der Waals surface area contributed by atoms with Crippen molar-refractivity contribution in [1.29, 1.82) is 0 Å². The number of methoxy groups -OCH3 is 1. The number of rotatable bonds is 7. The predicted octanol–water partition coefficient (Wildman–Crippen LogP) is 3.84. The van der Waals surface area contributed by atoms with Crippen molar-refractivity contribution in [2.75, 3.05) is 13.7 Å². The minimum atomic E-state index is 0.462. The minimum absolute atomic E-state index is 0.462. The maximum absolute atomic E-state index is 5.38. The lowest BCUT2D eigenvalue weighted by Crippen LogP contribution is -2.36. The molecule has 0 saturated heterocycles. The number of hydrogen-bond acceptors (Lipinski definition) is 4. The summed E-state index contributed by atoms with van der Waals surface area (Å²) in [6.45, 7) is 10.5. The van der Waals surface area contributed by atoms with Gasteiger partial charge >= 0.3 is 0 Å². The third-order valence-electron chi connectivity index (χ3n) is 3.80. The molecule has 0 aliphatic rings. The Balaban J connectivity index is 1.99. The van der Waals surface area contributed by atoms with Crippen molar-refractivity contribution < 1.29 is 4.74 Å². The summed E-state index contributed by atoms with van der Waals surface area (Å²) in [4.78, 5) is 9.31. The minimum Gasteiger partial charge on any atom is -0.496 e.